The van der Waals surface area contributed by atoms with Crippen LogP contribution in [0.1, 0.15) is 31.9 Å². The third-order valence-electron chi connectivity index (χ3n) is 6.70. The Morgan fingerprint density at radius 3 is 2.05 bits per heavy atom. The van der Waals surface area contributed by atoms with E-state index in [1.165, 1.54) is 11.8 Å². The molecule has 0 unspecified atom stereocenters. The molecule has 3 rings (SSSR count). The summed E-state index contributed by atoms with van der Waals surface area (Å²) in [5.74, 6) is 0.462. The van der Waals surface area contributed by atoms with Crippen molar-refractivity contribution in [2.45, 2.75) is 39.7 Å². The van der Waals surface area contributed by atoms with Gasteiger partial charge in [-0.05, 0) is 24.6 Å². The van der Waals surface area contributed by atoms with Crippen molar-refractivity contribution in [1.29, 1.82) is 0 Å². The highest BCUT2D eigenvalue weighted by molar-refractivity contribution is 8.13. The summed E-state index contributed by atoms with van der Waals surface area (Å²) in [4.78, 5) is 45.5. The van der Waals surface area contributed by atoms with Crippen LogP contribution in [-0.4, -0.2) is 89.9 Å². The lowest BCUT2D eigenvalue weighted by molar-refractivity contribution is -0.134. The van der Waals surface area contributed by atoms with E-state index in [9.17, 15) is 14.4 Å². The molecule has 1 atom stereocenters. The fourth-order valence-corrected chi connectivity index (χ4v) is 5.16. The lowest BCUT2D eigenvalue weighted by atomic mass is 10.00. The van der Waals surface area contributed by atoms with E-state index < -0.39 is 11.5 Å². The van der Waals surface area contributed by atoms with Crippen LogP contribution >= 0.6 is 11.8 Å². The zero-order valence-corrected chi connectivity index (χ0v) is 24.0. The fourth-order valence-electron chi connectivity index (χ4n) is 4.23. The van der Waals surface area contributed by atoms with Gasteiger partial charge in [0.2, 0.25) is 5.91 Å². The molecule has 1 aliphatic heterocycles. The second-order valence-corrected chi connectivity index (χ2v) is 12.0. The Hall–Kier alpha value is -2.84. The van der Waals surface area contributed by atoms with Gasteiger partial charge in [0.05, 0.1) is 0 Å². The molecule has 1 saturated heterocycles. The Balaban J connectivity index is 1.72. The van der Waals surface area contributed by atoms with Crippen LogP contribution in [0.25, 0.3) is 0 Å². The number of nitrogens with zero attached hydrogens (tertiary/aromatic N) is 3. The molecule has 206 valence electrons. The Morgan fingerprint density at radius 2 is 1.47 bits per heavy atom. The molecule has 0 spiro atoms. The second-order valence-electron chi connectivity index (χ2n) is 10.9. The highest BCUT2D eigenvalue weighted by Crippen LogP contribution is 2.22. The molecule has 1 fully saturated rings. The predicted octanol–water partition coefficient (Wildman–Crippen LogP) is 3.93. The van der Waals surface area contributed by atoms with Crippen LogP contribution in [0.5, 0.6) is 0 Å². The molecule has 0 bridgehead atoms. The zero-order chi connectivity index (χ0) is 27.5. The monoisotopic (exact) mass is 538 g/mol. The SMILES string of the molecule is CN1CCN(C(=O)[C@H](Cc2ccccc2)NC(=O)N(CCSC(=O)C(C)(C)C)CCc2ccccc2)CC1. The molecule has 1 heterocycles. The normalized spacial score (nSPS) is 15.1. The van der Waals surface area contributed by atoms with Crippen LogP contribution in [0, 0.1) is 5.41 Å². The Morgan fingerprint density at radius 1 is 0.895 bits per heavy atom. The minimum Gasteiger partial charge on any atom is -0.338 e. The van der Waals surface area contributed by atoms with E-state index >= 15 is 0 Å². The number of amides is 3. The number of piperazine rings is 1. The van der Waals surface area contributed by atoms with E-state index in [0.717, 1.165) is 24.2 Å². The minimum absolute atomic E-state index is 0.0457. The molecule has 2 aromatic rings. The van der Waals surface area contributed by atoms with E-state index in [2.05, 4.69) is 17.3 Å². The highest BCUT2D eigenvalue weighted by atomic mass is 32.2. The molecule has 0 aromatic heterocycles. The Bertz CT molecular complexity index is 1030. The fraction of sp³-hybridized carbons (Fsp3) is 0.500. The van der Waals surface area contributed by atoms with Crippen molar-refractivity contribution in [2.24, 2.45) is 5.41 Å². The number of carbonyl (C=O) groups excluding carboxylic acids is 3. The average molecular weight is 539 g/mol. The second kappa shape index (κ2) is 14.4. The smallest absolute Gasteiger partial charge is 0.318 e. The molecule has 7 nitrogen and oxygen atoms in total. The van der Waals surface area contributed by atoms with E-state index in [-0.39, 0.29) is 17.1 Å². The molecular weight excluding hydrogens is 496 g/mol. The van der Waals surface area contributed by atoms with Gasteiger partial charge in [-0.1, -0.05) is 93.2 Å². The van der Waals surface area contributed by atoms with Gasteiger partial charge in [0.25, 0.3) is 0 Å². The van der Waals surface area contributed by atoms with Gasteiger partial charge in [-0.15, -0.1) is 0 Å². The van der Waals surface area contributed by atoms with Gasteiger partial charge >= 0.3 is 6.03 Å². The third kappa shape index (κ3) is 9.48. The number of benzene rings is 2. The number of hydrogen-bond donors (Lipinski definition) is 1. The molecule has 0 aliphatic carbocycles. The van der Waals surface area contributed by atoms with Crippen LogP contribution < -0.4 is 5.32 Å². The third-order valence-corrected chi connectivity index (χ3v) is 7.96. The van der Waals surface area contributed by atoms with Crippen molar-refractivity contribution in [2.75, 3.05) is 52.1 Å². The lowest BCUT2D eigenvalue weighted by Crippen LogP contribution is -2.57. The van der Waals surface area contributed by atoms with Gasteiger partial charge in [-0.3, -0.25) is 9.59 Å². The Kier molecular flexibility index (Phi) is 11.2. The van der Waals surface area contributed by atoms with Crippen LogP contribution in [-0.2, 0) is 22.4 Å². The Labute approximate surface area is 231 Å². The van der Waals surface area contributed by atoms with Crippen molar-refractivity contribution >= 4 is 28.8 Å². The van der Waals surface area contributed by atoms with Crippen molar-refractivity contribution in [1.82, 2.24) is 20.0 Å². The maximum absolute atomic E-state index is 13.6. The van der Waals surface area contributed by atoms with Crippen molar-refractivity contribution < 1.29 is 14.4 Å². The first-order valence-electron chi connectivity index (χ1n) is 13.4. The number of thioether (sulfide) groups is 1. The molecule has 0 saturated carbocycles. The molecule has 3 amide bonds. The summed E-state index contributed by atoms with van der Waals surface area (Å²) in [5.41, 5.74) is 1.71. The number of rotatable bonds is 10. The van der Waals surface area contributed by atoms with E-state index in [1.807, 2.05) is 86.3 Å². The van der Waals surface area contributed by atoms with Crippen LogP contribution in [0.3, 0.4) is 0 Å². The number of hydrogen-bond acceptors (Lipinski definition) is 5. The van der Waals surface area contributed by atoms with Crippen molar-refractivity contribution in [3.05, 3.63) is 71.8 Å². The molecular formula is C30H42N4O3S. The largest absolute Gasteiger partial charge is 0.338 e. The first-order valence-corrected chi connectivity index (χ1v) is 14.4. The molecule has 2 aromatic carbocycles. The molecule has 0 radical (unpaired) electrons. The summed E-state index contributed by atoms with van der Waals surface area (Å²) in [5, 5.41) is 3.17. The van der Waals surface area contributed by atoms with Crippen molar-refractivity contribution in [3.8, 4) is 0 Å². The van der Waals surface area contributed by atoms with Crippen LogP contribution in [0.15, 0.2) is 60.7 Å². The van der Waals surface area contributed by atoms with Gasteiger partial charge in [-0.2, -0.15) is 0 Å². The highest BCUT2D eigenvalue weighted by Gasteiger charge is 2.30. The van der Waals surface area contributed by atoms with Crippen LogP contribution in [0.2, 0.25) is 0 Å². The van der Waals surface area contributed by atoms with E-state index in [0.29, 0.717) is 44.8 Å². The number of carbonyl (C=O) groups is 3. The van der Waals surface area contributed by atoms with E-state index in [4.69, 9.17) is 0 Å². The summed E-state index contributed by atoms with van der Waals surface area (Å²) in [6.07, 6.45) is 1.13. The zero-order valence-electron chi connectivity index (χ0n) is 23.2. The molecule has 38 heavy (non-hydrogen) atoms. The van der Waals surface area contributed by atoms with Gasteiger partial charge < -0.3 is 20.0 Å². The average Bonchev–Trinajstić information content (AvgIpc) is 2.90. The molecule has 8 heteroatoms. The summed E-state index contributed by atoms with van der Waals surface area (Å²) in [6.45, 7) is 9.58. The number of urea groups is 1. The summed E-state index contributed by atoms with van der Waals surface area (Å²) < 4.78 is 0. The van der Waals surface area contributed by atoms with Crippen molar-refractivity contribution in [3.63, 3.8) is 0 Å². The molecule has 1 N–H and O–H groups in total. The topological polar surface area (TPSA) is 73.0 Å². The van der Waals surface area contributed by atoms with Crippen LogP contribution in [0.4, 0.5) is 4.79 Å². The maximum atomic E-state index is 13.6. The van der Waals surface area contributed by atoms with Gasteiger partial charge in [0, 0.05) is 56.9 Å². The van der Waals surface area contributed by atoms with E-state index in [1.54, 1.807) is 4.90 Å². The summed E-state index contributed by atoms with van der Waals surface area (Å²) in [6, 6.07) is 18.9. The first kappa shape index (κ1) is 29.7. The maximum Gasteiger partial charge on any atom is 0.318 e. The quantitative estimate of drug-likeness (QED) is 0.496. The first-order chi connectivity index (χ1) is 18.1. The predicted molar refractivity (Wildman–Crippen MR) is 155 cm³/mol. The summed E-state index contributed by atoms with van der Waals surface area (Å²) >= 11 is 1.26. The number of nitrogens with one attached hydrogen (secondary N) is 1. The lowest BCUT2D eigenvalue weighted by Gasteiger charge is -2.35. The van der Waals surface area contributed by atoms with Gasteiger partial charge in [-0.25, -0.2) is 4.79 Å². The minimum atomic E-state index is -0.656. The van der Waals surface area contributed by atoms with Gasteiger partial charge in [0.1, 0.15) is 6.04 Å². The van der Waals surface area contributed by atoms with Gasteiger partial charge in [0.15, 0.2) is 5.12 Å². The summed E-state index contributed by atoms with van der Waals surface area (Å²) in [7, 11) is 2.05. The standard InChI is InChI=1S/C30H42N4O3S/c1-30(2,3)28(36)38-22-21-34(16-15-24-11-7-5-8-12-24)29(37)31-26(23-25-13-9-6-10-14-25)27(35)33-19-17-32(4)18-20-33/h5-14,26H,15-23H2,1-4H3,(H,31,37)/t26-/m0/s1. The number of likely N-dealkylation sites (N-methyl/N-ethyl adjacent to an activating group) is 1. The molecule has 1 aliphatic rings.